The highest BCUT2D eigenvalue weighted by Gasteiger charge is 2.71. The third-order valence-corrected chi connectivity index (χ3v) is 8.72. The number of hydrogen-bond acceptors (Lipinski definition) is 6. The van der Waals surface area contributed by atoms with Crippen LogP contribution < -0.4 is 27.2 Å². The van der Waals surface area contributed by atoms with E-state index in [-0.39, 0.29) is 22.9 Å². The van der Waals surface area contributed by atoms with E-state index in [1.807, 2.05) is 6.92 Å². The monoisotopic (exact) mass is 446 g/mol. The number of para-hydroxylation sites is 1. The molecule has 2 aromatic rings. The van der Waals surface area contributed by atoms with Gasteiger partial charge in [0.1, 0.15) is 0 Å². The highest BCUT2D eigenvalue weighted by molar-refractivity contribution is 5.76. The molecule has 3 heterocycles. The molecule has 0 aromatic heterocycles. The van der Waals surface area contributed by atoms with Gasteiger partial charge in [-0.15, -0.1) is 0 Å². The molecule has 0 radical (unpaired) electrons. The smallest absolute Gasteiger partial charge is 0.222 e. The summed E-state index contributed by atoms with van der Waals surface area (Å²) in [6.07, 6.45) is 5.05. The van der Waals surface area contributed by atoms with Crippen LogP contribution in [0.3, 0.4) is 0 Å². The number of amides is 1. The number of anilines is 1. The number of fused-ring (bicyclic) bond motifs is 1. The highest BCUT2D eigenvalue weighted by Crippen LogP contribution is 2.70. The first-order valence-corrected chi connectivity index (χ1v) is 12.4. The van der Waals surface area contributed by atoms with Gasteiger partial charge in [0.05, 0.1) is 6.17 Å². The molecule has 3 aliphatic heterocycles. The summed E-state index contributed by atoms with van der Waals surface area (Å²) in [6.45, 7) is 4.67. The fourth-order valence-corrected chi connectivity index (χ4v) is 6.73. The third-order valence-electron chi connectivity index (χ3n) is 8.72. The van der Waals surface area contributed by atoms with Gasteiger partial charge in [-0.3, -0.25) is 4.79 Å². The van der Waals surface area contributed by atoms with Crippen molar-refractivity contribution in [1.29, 1.82) is 0 Å². The van der Waals surface area contributed by atoms with Crippen LogP contribution in [0.1, 0.15) is 55.2 Å². The minimum absolute atomic E-state index is 0.0147. The van der Waals surface area contributed by atoms with Crippen LogP contribution in [-0.2, 0) is 16.6 Å². The van der Waals surface area contributed by atoms with Crippen molar-refractivity contribution in [2.45, 2.75) is 56.5 Å². The molecule has 1 spiro atoms. The minimum Gasteiger partial charge on any atom is -0.384 e. The van der Waals surface area contributed by atoms with Crippen molar-refractivity contribution in [1.82, 2.24) is 26.8 Å². The first-order valence-electron chi connectivity index (χ1n) is 12.4. The summed E-state index contributed by atoms with van der Waals surface area (Å²) >= 11 is 0. The molecule has 1 unspecified atom stereocenters. The number of carbonyl (C=O) groups is 1. The molecular formula is C26H34N6O. The number of rotatable bonds is 4. The van der Waals surface area contributed by atoms with Crippen LogP contribution in [0, 0.1) is 5.41 Å². The topological polar surface area (TPSA) is 80.5 Å². The van der Waals surface area contributed by atoms with E-state index in [0.717, 1.165) is 45.3 Å². The van der Waals surface area contributed by atoms with E-state index in [0.29, 0.717) is 12.3 Å². The van der Waals surface area contributed by atoms with Gasteiger partial charge in [0.15, 0.2) is 0 Å². The Morgan fingerprint density at radius 3 is 2.48 bits per heavy atom. The van der Waals surface area contributed by atoms with Crippen LogP contribution in [0.25, 0.3) is 0 Å². The maximum Gasteiger partial charge on any atom is 0.222 e. The Kier molecular flexibility index (Phi) is 5.18. The first kappa shape index (κ1) is 21.1. The molecule has 6 rings (SSSR count). The summed E-state index contributed by atoms with van der Waals surface area (Å²) in [4.78, 5) is 14.3. The fraction of sp³-hybridized carbons (Fsp3) is 0.500. The van der Waals surface area contributed by atoms with Gasteiger partial charge in [0.25, 0.3) is 0 Å². The Morgan fingerprint density at radius 1 is 1.03 bits per heavy atom. The van der Waals surface area contributed by atoms with Crippen LogP contribution in [0.15, 0.2) is 48.5 Å². The summed E-state index contributed by atoms with van der Waals surface area (Å²) in [5.41, 5.74) is 18.6. The third kappa shape index (κ3) is 3.37. The van der Waals surface area contributed by atoms with Gasteiger partial charge < -0.3 is 10.2 Å². The zero-order valence-corrected chi connectivity index (χ0v) is 19.3. The second-order valence-corrected chi connectivity index (χ2v) is 10.2. The molecule has 2 saturated heterocycles. The minimum atomic E-state index is 0.0147. The van der Waals surface area contributed by atoms with E-state index in [2.05, 4.69) is 80.7 Å². The van der Waals surface area contributed by atoms with Gasteiger partial charge in [-0.1, -0.05) is 49.4 Å². The van der Waals surface area contributed by atoms with Gasteiger partial charge in [-0.05, 0) is 53.9 Å². The molecule has 7 heteroatoms. The largest absolute Gasteiger partial charge is 0.384 e. The Morgan fingerprint density at radius 2 is 1.76 bits per heavy atom. The van der Waals surface area contributed by atoms with Gasteiger partial charge in [-0.2, -0.15) is 11.1 Å². The van der Waals surface area contributed by atoms with E-state index in [4.69, 9.17) is 0 Å². The van der Waals surface area contributed by atoms with Crippen molar-refractivity contribution < 1.29 is 4.79 Å². The number of piperidine rings is 1. The Balaban J connectivity index is 1.24. The van der Waals surface area contributed by atoms with Crippen LogP contribution in [0.2, 0.25) is 0 Å². The van der Waals surface area contributed by atoms with Crippen molar-refractivity contribution in [3.63, 3.8) is 0 Å². The maximum atomic E-state index is 12.2. The molecule has 3 fully saturated rings. The van der Waals surface area contributed by atoms with Crippen molar-refractivity contribution in [3.8, 4) is 0 Å². The molecule has 33 heavy (non-hydrogen) atoms. The van der Waals surface area contributed by atoms with Crippen molar-refractivity contribution in [2.24, 2.45) is 5.41 Å². The van der Waals surface area contributed by atoms with Gasteiger partial charge in [0.2, 0.25) is 5.91 Å². The molecule has 2 aromatic carbocycles. The van der Waals surface area contributed by atoms with Gasteiger partial charge in [-0.25, -0.2) is 10.9 Å². The molecule has 7 nitrogen and oxygen atoms in total. The average molecular weight is 447 g/mol. The lowest BCUT2D eigenvalue weighted by Gasteiger charge is -2.38. The quantitative estimate of drug-likeness (QED) is 0.497. The summed E-state index contributed by atoms with van der Waals surface area (Å²) in [7, 11) is 0. The second kappa shape index (κ2) is 8.09. The highest BCUT2D eigenvalue weighted by atomic mass is 16.2. The molecular weight excluding hydrogens is 412 g/mol. The molecule has 1 saturated carbocycles. The second-order valence-electron chi connectivity index (χ2n) is 10.2. The number of hydrazine groups is 3. The summed E-state index contributed by atoms with van der Waals surface area (Å²) in [5.74, 6) is 0.774. The summed E-state index contributed by atoms with van der Waals surface area (Å²) in [6, 6.07) is 18.0. The predicted octanol–water partition coefficient (Wildman–Crippen LogP) is 2.54. The zero-order chi connectivity index (χ0) is 22.5. The maximum absolute atomic E-state index is 12.2. The number of hydrogen-bond donors (Lipinski definition) is 5. The van der Waals surface area contributed by atoms with E-state index in [1.54, 1.807) is 0 Å². The number of carbonyl (C=O) groups excluding carboxylic acids is 1. The predicted molar refractivity (Wildman–Crippen MR) is 129 cm³/mol. The lowest BCUT2D eigenvalue weighted by molar-refractivity contribution is -0.132. The first-order chi connectivity index (χ1) is 16.1. The van der Waals surface area contributed by atoms with Crippen LogP contribution in [0.5, 0.6) is 0 Å². The molecule has 5 N–H and O–H groups in total. The summed E-state index contributed by atoms with van der Waals surface area (Å²) < 4.78 is 0. The van der Waals surface area contributed by atoms with Crippen LogP contribution in [-0.4, -0.2) is 36.6 Å². The van der Waals surface area contributed by atoms with Crippen molar-refractivity contribution in [2.75, 3.05) is 25.0 Å². The van der Waals surface area contributed by atoms with Crippen LogP contribution in [0.4, 0.5) is 5.69 Å². The SMILES string of the molecule is CCC(=O)N1CCC2(CC1)C[C@]2(c1ccc(C2CNc3ccccc3C2)cc1)C1NNNN1. The molecule has 1 amide bonds. The van der Waals surface area contributed by atoms with E-state index in [9.17, 15) is 4.79 Å². The lowest BCUT2D eigenvalue weighted by Crippen LogP contribution is -2.50. The molecule has 0 bridgehead atoms. The van der Waals surface area contributed by atoms with Crippen LogP contribution >= 0.6 is 0 Å². The van der Waals surface area contributed by atoms with E-state index in [1.165, 1.54) is 22.4 Å². The average Bonchev–Trinajstić information content (AvgIpc) is 3.20. The number of nitrogens with zero attached hydrogens (tertiary/aromatic N) is 1. The number of benzene rings is 2. The Labute approximate surface area is 195 Å². The van der Waals surface area contributed by atoms with E-state index >= 15 is 0 Å². The van der Waals surface area contributed by atoms with Gasteiger partial charge >= 0.3 is 0 Å². The number of likely N-dealkylation sites (tertiary alicyclic amines) is 1. The van der Waals surface area contributed by atoms with Crippen molar-refractivity contribution in [3.05, 3.63) is 65.2 Å². The van der Waals surface area contributed by atoms with Crippen molar-refractivity contribution >= 4 is 11.6 Å². The number of nitrogens with one attached hydrogen (secondary N) is 5. The lowest BCUT2D eigenvalue weighted by atomic mass is 9.77. The van der Waals surface area contributed by atoms with Gasteiger partial charge in [0, 0.05) is 43.1 Å². The van der Waals surface area contributed by atoms with E-state index < -0.39 is 0 Å². The summed E-state index contributed by atoms with van der Waals surface area (Å²) in [5, 5.41) is 3.61. The molecule has 174 valence electrons. The Bertz CT molecular complexity index is 1030. The Hall–Kier alpha value is -2.45. The normalized spacial score (nSPS) is 28.4. The standard InChI is InChI=1S/C26H34N6O/c1-2-23(33)32-13-11-25(12-14-32)17-26(25,24-28-30-31-29-24)21-9-7-18(8-10-21)20-15-19-5-3-4-6-22(19)27-16-20/h3-10,20,24,27-31H,2,11-17H2,1H3/t20?,26-/m0/s1. The molecule has 1 aliphatic carbocycles. The molecule has 4 aliphatic rings. The fourth-order valence-electron chi connectivity index (χ4n) is 6.73. The zero-order valence-electron chi connectivity index (χ0n) is 19.3. The molecule has 2 atom stereocenters.